The first kappa shape index (κ1) is 9.26. The van der Waals surface area contributed by atoms with Crippen LogP contribution < -0.4 is 5.32 Å². The molecule has 12 heavy (non-hydrogen) atoms. The Hall–Kier alpha value is -0.830. The fourth-order valence-electron chi connectivity index (χ4n) is 1.14. The average molecular weight is 169 g/mol. The molecule has 1 aliphatic rings. The van der Waals surface area contributed by atoms with E-state index in [9.17, 15) is 4.79 Å². The summed E-state index contributed by atoms with van der Waals surface area (Å²) in [7, 11) is 0. The van der Waals surface area contributed by atoms with Crippen LogP contribution in [0.5, 0.6) is 0 Å². The second-order valence-electron chi connectivity index (χ2n) is 4.03. The molecule has 0 radical (unpaired) electrons. The van der Waals surface area contributed by atoms with Crippen LogP contribution in [0.2, 0.25) is 0 Å². The van der Waals surface area contributed by atoms with Crippen molar-refractivity contribution >= 4 is 5.97 Å². The molecule has 68 valence electrons. The lowest BCUT2D eigenvalue weighted by atomic mass is 10.2. The predicted molar refractivity (Wildman–Crippen MR) is 47.0 cm³/mol. The highest BCUT2D eigenvalue weighted by molar-refractivity contribution is 5.86. The van der Waals surface area contributed by atoms with E-state index in [1.165, 1.54) is 0 Å². The third-order valence-corrected chi connectivity index (χ3v) is 2.38. The number of hydrogen-bond donors (Lipinski definition) is 2. The highest BCUT2D eigenvalue weighted by atomic mass is 16.4. The first-order valence-corrected chi connectivity index (χ1v) is 4.08. The van der Waals surface area contributed by atoms with Gasteiger partial charge in [0.25, 0.3) is 0 Å². The van der Waals surface area contributed by atoms with Crippen LogP contribution in [0.1, 0.15) is 20.3 Å². The number of nitrogens with one attached hydrogen (secondary N) is 1. The van der Waals surface area contributed by atoms with Crippen molar-refractivity contribution in [2.75, 3.05) is 6.54 Å². The van der Waals surface area contributed by atoms with Crippen LogP contribution in [-0.2, 0) is 4.79 Å². The van der Waals surface area contributed by atoms with Crippen molar-refractivity contribution in [3.8, 4) is 0 Å². The van der Waals surface area contributed by atoms with Crippen molar-refractivity contribution < 1.29 is 9.90 Å². The van der Waals surface area contributed by atoms with E-state index in [1.807, 2.05) is 0 Å². The maximum absolute atomic E-state index is 10.4. The van der Waals surface area contributed by atoms with Gasteiger partial charge in [0.2, 0.25) is 0 Å². The molecule has 0 aromatic carbocycles. The monoisotopic (exact) mass is 169 g/mol. The van der Waals surface area contributed by atoms with E-state index in [0.717, 1.165) is 6.42 Å². The van der Waals surface area contributed by atoms with Crippen molar-refractivity contribution in [2.45, 2.75) is 26.3 Å². The van der Waals surface area contributed by atoms with E-state index < -0.39 is 5.97 Å². The number of carbonyl (C=O) groups is 1. The van der Waals surface area contributed by atoms with Crippen LogP contribution >= 0.6 is 0 Å². The fraction of sp³-hybridized carbons (Fsp3) is 0.667. The molecule has 3 nitrogen and oxygen atoms in total. The SMILES string of the molecule is C=C(CNC1CC1(C)C)C(=O)O. The molecule has 0 aromatic heterocycles. The van der Waals surface area contributed by atoms with Gasteiger partial charge in [0.05, 0.1) is 0 Å². The van der Waals surface area contributed by atoms with Crippen LogP contribution in [0.3, 0.4) is 0 Å². The van der Waals surface area contributed by atoms with Gasteiger partial charge in [0, 0.05) is 18.2 Å². The molecule has 0 amide bonds. The number of carboxylic acid groups (broad SMARTS) is 1. The van der Waals surface area contributed by atoms with Crippen molar-refractivity contribution in [1.29, 1.82) is 0 Å². The van der Waals surface area contributed by atoms with Crippen molar-refractivity contribution in [3.05, 3.63) is 12.2 Å². The first-order chi connectivity index (χ1) is 5.43. The van der Waals surface area contributed by atoms with Crippen LogP contribution in [0, 0.1) is 5.41 Å². The Labute approximate surface area is 72.5 Å². The number of aliphatic carboxylic acids is 1. The van der Waals surface area contributed by atoms with Gasteiger partial charge in [-0.05, 0) is 11.8 Å². The molecule has 0 aliphatic heterocycles. The molecule has 0 spiro atoms. The highest BCUT2D eigenvalue weighted by Crippen LogP contribution is 2.44. The quantitative estimate of drug-likeness (QED) is 0.618. The van der Waals surface area contributed by atoms with Gasteiger partial charge in [0.1, 0.15) is 0 Å². The standard InChI is InChI=1S/C9H15NO2/c1-6(8(11)12)5-10-7-4-9(7,2)3/h7,10H,1,4-5H2,2-3H3,(H,11,12). The summed E-state index contributed by atoms with van der Waals surface area (Å²) in [6.45, 7) is 8.15. The lowest BCUT2D eigenvalue weighted by Crippen LogP contribution is -2.25. The molecule has 3 heteroatoms. The molecule has 1 fully saturated rings. The Morgan fingerprint density at radius 3 is 2.58 bits per heavy atom. The van der Waals surface area contributed by atoms with Gasteiger partial charge in [-0.3, -0.25) is 0 Å². The largest absolute Gasteiger partial charge is 0.478 e. The molecule has 0 heterocycles. The molecule has 1 rings (SSSR count). The minimum absolute atomic E-state index is 0.234. The number of carboxylic acids is 1. The number of hydrogen-bond acceptors (Lipinski definition) is 2. The minimum atomic E-state index is -0.916. The Bertz CT molecular complexity index is 221. The molecule has 0 saturated heterocycles. The van der Waals surface area contributed by atoms with E-state index >= 15 is 0 Å². The molecule has 0 aromatic rings. The van der Waals surface area contributed by atoms with Gasteiger partial charge < -0.3 is 10.4 Å². The zero-order valence-corrected chi connectivity index (χ0v) is 7.55. The molecule has 2 N–H and O–H groups in total. The second kappa shape index (κ2) is 2.90. The zero-order chi connectivity index (χ0) is 9.35. The lowest BCUT2D eigenvalue weighted by Gasteiger charge is -2.05. The summed E-state index contributed by atoms with van der Waals surface area (Å²) in [4.78, 5) is 10.4. The minimum Gasteiger partial charge on any atom is -0.478 e. The molecule has 1 unspecified atom stereocenters. The normalized spacial score (nSPS) is 25.0. The topological polar surface area (TPSA) is 49.3 Å². The molecular formula is C9H15NO2. The molecular weight excluding hydrogens is 154 g/mol. The fourth-order valence-corrected chi connectivity index (χ4v) is 1.14. The van der Waals surface area contributed by atoms with E-state index in [4.69, 9.17) is 5.11 Å². The Morgan fingerprint density at radius 2 is 2.25 bits per heavy atom. The van der Waals surface area contributed by atoms with Crippen LogP contribution in [0.25, 0.3) is 0 Å². The van der Waals surface area contributed by atoms with Crippen LogP contribution in [0.4, 0.5) is 0 Å². The molecule has 1 saturated carbocycles. The predicted octanol–water partition coefficient (Wildman–Crippen LogP) is 1.02. The third kappa shape index (κ3) is 2.08. The Balaban J connectivity index is 2.20. The van der Waals surface area contributed by atoms with Gasteiger partial charge in [0.15, 0.2) is 0 Å². The molecule has 1 aliphatic carbocycles. The van der Waals surface area contributed by atoms with Crippen LogP contribution in [0.15, 0.2) is 12.2 Å². The van der Waals surface area contributed by atoms with Gasteiger partial charge in [-0.15, -0.1) is 0 Å². The smallest absolute Gasteiger partial charge is 0.332 e. The molecule has 0 bridgehead atoms. The second-order valence-corrected chi connectivity index (χ2v) is 4.03. The van der Waals surface area contributed by atoms with Crippen molar-refractivity contribution in [3.63, 3.8) is 0 Å². The van der Waals surface area contributed by atoms with E-state index in [0.29, 0.717) is 18.0 Å². The maximum atomic E-state index is 10.4. The van der Waals surface area contributed by atoms with Crippen LogP contribution in [-0.4, -0.2) is 23.7 Å². The van der Waals surface area contributed by atoms with Gasteiger partial charge >= 0.3 is 5.97 Å². The van der Waals surface area contributed by atoms with Crippen molar-refractivity contribution in [2.24, 2.45) is 5.41 Å². The lowest BCUT2D eigenvalue weighted by molar-refractivity contribution is -0.132. The molecule has 1 atom stereocenters. The Morgan fingerprint density at radius 1 is 1.75 bits per heavy atom. The van der Waals surface area contributed by atoms with Gasteiger partial charge in [-0.25, -0.2) is 4.79 Å². The van der Waals surface area contributed by atoms with Crippen molar-refractivity contribution in [1.82, 2.24) is 5.32 Å². The summed E-state index contributed by atoms with van der Waals surface area (Å²) in [5.74, 6) is -0.916. The summed E-state index contributed by atoms with van der Waals surface area (Å²) in [6, 6.07) is 0.466. The summed E-state index contributed by atoms with van der Waals surface area (Å²) >= 11 is 0. The van der Waals surface area contributed by atoms with E-state index in [2.05, 4.69) is 25.7 Å². The van der Waals surface area contributed by atoms with E-state index in [1.54, 1.807) is 0 Å². The highest BCUT2D eigenvalue weighted by Gasteiger charge is 2.45. The summed E-state index contributed by atoms with van der Waals surface area (Å²) in [6.07, 6.45) is 1.12. The van der Waals surface area contributed by atoms with Gasteiger partial charge in [-0.1, -0.05) is 20.4 Å². The Kier molecular flexibility index (Phi) is 2.24. The summed E-state index contributed by atoms with van der Waals surface area (Å²) < 4.78 is 0. The summed E-state index contributed by atoms with van der Waals surface area (Å²) in [5.41, 5.74) is 0.580. The maximum Gasteiger partial charge on any atom is 0.332 e. The zero-order valence-electron chi connectivity index (χ0n) is 7.55. The third-order valence-electron chi connectivity index (χ3n) is 2.38. The first-order valence-electron chi connectivity index (χ1n) is 4.08. The summed E-state index contributed by atoms with van der Waals surface area (Å²) in [5, 5.41) is 11.7. The average Bonchev–Trinajstić information content (AvgIpc) is 2.54. The van der Waals surface area contributed by atoms with Gasteiger partial charge in [-0.2, -0.15) is 0 Å². The number of rotatable bonds is 4. The van der Waals surface area contributed by atoms with E-state index in [-0.39, 0.29) is 5.57 Å².